The Balaban J connectivity index is 1.75. The molecule has 5 rings (SSSR count). The second kappa shape index (κ2) is 16.9. The van der Waals surface area contributed by atoms with Crippen LogP contribution >= 0.6 is 15.9 Å². The van der Waals surface area contributed by atoms with Crippen molar-refractivity contribution in [1.82, 2.24) is 0 Å². The van der Waals surface area contributed by atoms with Gasteiger partial charge in [-0.3, -0.25) is 0 Å². The van der Waals surface area contributed by atoms with Gasteiger partial charge in [0.1, 0.15) is 23.0 Å². The largest absolute Gasteiger partial charge is 0.494 e. The molecule has 0 spiro atoms. The maximum absolute atomic E-state index is 13.0. The zero-order valence-corrected chi connectivity index (χ0v) is 30.2. The van der Waals surface area contributed by atoms with Crippen molar-refractivity contribution in [3.8, 4) is 23.0 Å². The molecule has 8 bridgehead atoms. The molecule has 0 saturated carbocycles. The smallest absolute Gasteiger partial charge is 0.336 e. The zero-order chi connectivity index (χ0) is 34.0. The highest BCUT2D eigenvalue weighted by molar-refractivity contribution is 9.10. The van der Waals surface area contributed by atoms with Crippen molar-refractivity contribution in [2.24, 2.45) is 0 Å². The van der Waals surface area contributed by atoms with E-state index in [4.69, 9.17) is 18.9 Å². The maximum atomic E-state index is 13.0. The van der Waals surface area contributed by atoms with Crippen molar-refractivity contribution in [2.75, 3.05) is 26.4 Å². The quantitative estimate of drug-likeness (QED) is 0.131. The van der Waals surface area contributed by atoms with Crippen molar-refractivity contribution in [2.45, 2.75) is 79.1 Å². The topological polar surface area (TPSA) is 74.2 Å². The number of carboxylic acid groups (broad SMARTS) is 1. The molecule has 0 atom stereocenters. The fourth-order valence-corrected chi connectivity index (χ4v) is 6.73. The summed E-state index contributed by atoms with van der Waals surface area (Å²) in [5.41, 5.74) is 8.12. The van der Waals surface area contributed by atoms with E-state index in [-0.39, 0.29) is 0 Å². The van der Waals surface area contributed by atoms with Crippen LogP contribution in [0, 0.1) is 0 Å². The van der Waals surface area contributed by atoms with E-state index in [2.05, 4.69) is 80.0 Å². The van der Waals surface area contributed by atoms with Gasteiger partial charge in [-0.05, 0) is 144 Å². The second-order valence-electron chi connectivity index (χ2n) is 12.5. The lowest BCUT2D eigenvalue weighted by molar-refractivity contribution is 0.0694. The second-order valence-corrected chi connectivity index (χ2v) is 13.3. The molecule has 0 unspecified atom stereocenters. The molecule has 1 aliphatic rings. The minimum Gasteiger partial charge on any atom is -0.494 e. The molecule has 0 radical (unpaired) electrons. The highest BCUT2D eigenvalue weighted by atomic mass is 79.9. The summed E-state index contributed by atoms with van der Waals surface area (Å²) < 4.78 is 25.7. The van der Waals surface area contributed by atoms with Crippen molar-refractivity contribution in [3.05, 3.63) is 115 Å². The molecule has 4 aromatic rings. The zero-order valence-electron chi connectivity index (χ0n) is 28.6. The van der Waals surface area contributed by atoms with Crippen LogP contribution in [0.25, 0.3) is 0 Å². The molecule has 1 N–H and O–H groups in total. The van der Waals surface area contributed by atoms with Crippen LogP contribution in [-0.4, -0.2) is 37.5 Å². The van der Waals surface area contributed by atoms with Gasteiger partial charge in [-0.2, -0.15) is 0 Å². The number of ether oxygens (including phenoxy) is 4. The number of rotatable bonds is 13. The lowest BCUT2D eigenvalue weighted by atomic mass is 9.89. The Hall–Kier alpha value is -3.97. The normalized spacial score (nSPS) is 12.4. The minimum absolute atomic E-state index is 0.319. The molecule has 0 fully saturated rings. The number of hydrogen-bond donors (Lipinski definition) is 1. The number of carboxylic acids is 1. The molecule has 6 nitrogen and oxygen atoms in total. The summed E-state index contributed by atoms with van der Waals surface area (Å²) in [5, 5.41) is 10.7. The fraction of sp³-hybridized carbons (Fsp3) is 0.390. The Bertz CT molecular complexity index is 1620. The molecular formula is C41H47BrO6. The number of carbonyl (C=O) groups is 1. The van der Waals surface area contributed by atoms with Gasteiger partial charge in [0.25, 0.3) is 0 Å². The third-order valence-electron chi connectivity index (χ3n) is 8.21. The average molecular weight is 716 g/mol. The number of fused-ring (bicyclic) bond motifs is 8. The molecule has 1 aliphatic carbocycles. The lowest BCUT2D eigenvalue weighted by Gasteiger charge is -2.19. The predicted molar refractivity (Wildman–Crippen MR) is 195 cm³/mol. The van der Waals surface area contributed by atoms with E-state index in [1.807, 2.05) is 24.3 Å². The van der Waals surface area contributed by atoms with Crippen LogP contribution < -0.4 is 18.9 Å². The Labute approximate surface area is 293 Å². The monoisotopic (exact) mass is 714 g/mol. The first-order valence-corrected chi connectivity index (χ1v) is 18.1. The first-order valence-electron chi connectivity index (χ1n) is 17.3. The van der Waals surface area contributed by atoms with E-state index < -0.39 is 5.97 Å². The van der Waals surface area contributed by atoms with Crippen molar-refractivity contribution in [3.63, 3.8) is 0 Å². The predicted octanol–water partition coefficient (Wildman–Crippen LogP) is 9.98. The molecule has 0 saturated heterocycles. The third kappa shape index (κ3) is 9.13. The van der Waals surface area contributed by atoms with E-state index in [9.17, 15) is 9.90 Å². The van der Waals surface area contributed by atoms with Crippen LogP contribution in [0.2, 0.25) is 0 Å². The molecule has 0 heterocycles. The summed E-state index contributed by atoms with van der Waals surface area (Å²) in [4.78, 5) is 13.0. The van der Waals surface area contributed by atoms with Gasteiger partial charge in [-0.15, -0.1) is 0 Å². The molecule has 254 valence electrons. The number of halogens is 1. The lowest BCUT2D eigenvalue weighted by Crippen LogP contribution is -2.11. The Kier molecular flexibility index (Phi) is 12.5. The molecule has 0 aromatic heterocycles. The molecule has 48 heavy (non-hydrogen) atoms. The van der Waals surface area contributed by atoms with Crippen LogP contribution in [-0.2, 0) is 25.7 Å². The standard InChI is InChI=1S/C41H47BrO6/c1-5-9-45-35-19-27-13-29(21-35)17-33-25-38(48-12-8-4)26-34(40(33)42)18-30-14-28(20-36(22-30)46-10-6-2)16-32-24-37(47-11-7-3)23-31(15-27)39(32)41(43)44/h13-14,19-26H,5-12,15-18H2,1-4H3,(H,43,44). The molecule has 4 aromatic carbocycles. The van der Waals surface area contributed by atoms with E-state index >= 15 is 0 Å². The Morgan fingerprint density at radius 3 is 1.12 bits per heavy atom. The van der Waals surface area contributed by atoms with Gasteiger partial charge < -0.3 is 24.1 Å². The van der Waals surface area contributed by atoms with Crippen LogP contribution in [0.15, 0.2) is 65.1 Å². The van der Waals surface area contributed by atoms with Gasteiger partial charge in [0, 0.05) is 4.47 Å². The summed E-state index contributed by atoms with van der Waals surface area (Å²) in [6.07, 6.45) is 5.69. The van der Waals surface area contributed by atoms with Gasteiger partial charge >= 0.3 is 5.97 Å². The van der Waals surface area contributed by atoms with Crippen molar-refractivity contribution >= 4 is 21.9 Å². The molecule has 0 aliphatic heterocycles. The molecule has 0 amide bonds. The van der Waals surface area contributed by atoms with E-state index in [0.29, 0.717) is 74.6 Å². The minimum atomic E-state index is -0.945. The third-order valence-corrected chi connectivity index (χ3v) is 9.23. The summed E-state index contributed by atoms with van der Waals surface area (Å²) in [6.45, 7) is 10.8. The summed E-state index contributed by atoms with van der Waals surface area (Å²) in [5.74, 6) is 2.15. The van der Waals surface area contributed by atoms with Gasteiger partial charge in [0.15, 0.2) is 0 Å². The van der Waals surface area contributed by atoms with Gasteiger partial charge in [-0.1, -0.05) is 55.8 Å². The Morgan fingerprint density at radius 1 is 0.521 bits per heavy atom. The maximum Gasteiger partial charge on any atom is 0.336 e. The van der Waals surface area contributed by atoms with Gasteiger partial charge in [0.05, 0.1) is 32.0 Å². The highest BCUT2D eigenvalue weighted by Crippen LogP contribution is 2.35. The average Bonchev–Trinajstić information content (AvgIpc) is 3.05. The van der Waals surface area contributed by atoms with Crippen LogP contribution in [0.1, 0.15) is 108 Å². The van der Waals surface area contributed by atoms with Gasteiger partial charge in [-0.25, -0.2) is 4.79 Å². The van der Waals surface area contributed by atoms with Crippen LogP contribution in [0.5, 0.6) is 23.0 Å². The summed E-state index contributed by atoms with van der Waals surface area (Å²) in [7, 11) is 0. The van der Waals surface area contributed by atoms with Crippen molar-refractivity contribution in [1.29, 1.82) is 0 Å². The van der Waals surface area contributed by atoms with Crippen LogP contribution in [0.4, 0.5) is 0 Å². The number of benzene rings is 4. The number of aromatic carboxylic acids is 1. The fourth-order valence-electron chi connectivity index (χ4n) is 6.22. The van der Waals surface area contributed by atoms with E-state index in [1.54, 1.807) is 0 Å². The summed E-state index contributed by atoms with van der Waals surface area (Å²) >= 11 is 3.98. The first kappa shape index (κ1) is 35.3. The van der Waals surface area contributed by atoms with E-state index in [0.717, 1.165) is 80.8 Å². The van der Waals surface area contributed by atoms with Crippen molar-refractivity contribution < 1.29 is 28.8 Å². The SMILES string of the molecule is CCCOc1cc2cc(c1)Cc1cc(OCCC)cc(c1C(=O)O)Cc1cc(cc(OCCC)c1)Cc1cc(OCCC)cc(c1Br)C2. The number of hydrogen-bond acceptors (Lipinski definition) is 5. The van der Waals surface area contributed by atoms with Crippen LogP contribution in [0.3, 0.4) is 0 Å². The molecular weight excluding hydrogens is 668 g/mol. The highest BCUT2D eigenvalue weighted by Gasteiger charge is 2.21. The first-order chi connectivity index (χ1) is 23.3. The molecule has 7 heteroatoms. The van der Waals surface area contributed by atoms with Gasteiger partial charge in [0.2, 0.25) is 0 Å². The Morgan fingerprint density at radius 2 is 0.812 bits per heavy atom. The summed E-state index contributed by atoms with van der Waals surface area (Å²) in [6, 6.07) is 20.6. The van der Waals surface area contributed by atoms with E-state index in [1.165, 1.54) is 0 Å².